The second kappa shape index (κ2) is 11.4. The Hall–Kier alpha value is -4.34. The van der Waals surface area contributed by atoms with Gasteiger partial charge in [0.2, 0.25) is 0 Å². The van der Waals surface area contributed by atoms with E-state index in [9.17, 15) is 26.3 Å². The number of alkyl halides is 6. The maximum atomic E-state index is 13.2. The van der Waals surface area contributed by atoms with Crippen LogP contribution < -0.4 is 9.47 Å². The summed E-state index contributed by atoms with van der Waals surface area (Å²) in [5, 5.41) is 8.00. The highest BCUT2D eigenvalue weighted by Crippen LogP contribution is 2.37. The summed E-state index contributed by atoms with van der Waals surface area (Å²) in [5.74, 6) is 0.291. The largest absolute Gasteiger partial charge is 0.483 e. The van der Waals surface area contributed by atoms with Crippen molar-refractivity contribution in [2.75, 3.05) is 0 Å². The zero-order valence-electron chi connectivity index (χ0n) is 19.6. The van der Waals surface area contributed by atoms with Crippen molar-refractivity contribution in [1.82, 2.24) is 10.2 Å². The van der Waals surface area contributed by atoms with E-state index in [0.717, 1.165) is 17.2 Å². The van der Waals surface area contributed by atoms with Gasteiger partial charge in [0.15, 0.2) is 5.75 Å². The van der Waals surface area contributed by atoms with Crippen LogP contribution >= 0.6 is 0 Å². The Morgan fingerprint density at radius 3 is 1.66 bits per heavy atom. The summed E-state index contributed by atoms with van der Waals surface area (Å²) in [5.41, 5.74) is -1.24. The van der Waals surface area contributed by atoms with Crippen LogP contribution in [0.5, 0.6) is 11.6 Å². The first-order valence-corrected chi connectivity index (χ1v) is 11.3. The van der Waals surface area contributed by atoms with E-state index in [2.05, 4.69) is 10.2 Å². The summed E-state index contributed by atoms with van der Waals surface area (Å²) >= 11 is 0. The van der Waals surface area contributed by atoms with Crippen molar-refractivity contribution in [2.45, 2.75) is 25.6 Å². The molecule has 38 heavy (non-hydrogen) atoms. The Labute approximate surface area is 214 Å². The quantitative estimate of drug-likeness (QED) is 0.218. The van der Waals surface area contributed by atoms with E-state index >= 15 is 0 Å². The molecular formula is C28H20F6N2O2. The molecule has 0 bridgehead atoms. The zero-order chi connectivity index (χ0) is 27.2. The number of nitrogens with zero attached hydrogens (tertiary/aromatic N) is 2. The molecule has 4 aromatic rings. The molecule has 0 aliphatic carbocycles. The minimum atomic E-state index is -4.94. The van der Waals surface area contributed by atoms with E-state index < -0.39 is 23.5 Å². The van der Waals surface area contributed by atoms with Gasteiger partial charge in [-0.2, -0.15) is 26.3 Å². The molecule has 0 saturated carbocycles. The van der Waals surface area contributed by atoms with Crippen molar-refractivity contribution in [1.29, 1.82) is 0 Å². The molecule has 0 unspecified atom stereocenters. The van der Waals surface area contributed by atoms with Gasteiger partial charge in [0.1, 0.15) is 13.2 Å². The van der Waals surface area contributed by atoms with Crippen LogP contribution in [0, 0.1) is 0 Å². The van der Waals surface area contributed by atoms with E-state index in [-0.39, 0.29) is 42.2 Å². The van der Waals surface area contributed by atoms with E-state index in [1.807, 2.05) is 60.7 Å². The van der Waals surface area contributed by atoms with Gasteiger partial charge >= 0.3 is 12.4 Å². The highest BCUT2D eigenvalue weighted by Gasteiger charge is 2.36. The van der Waals surface area contributed by atoms with Crippen LogP contribution in [0.1, 0.15) is 33.5 Å². The lowest BCUT2D eigenvalue weighted by Crippen LogP contribution is -2.11. The molecule has 196 valence electrons. The van der Waals surface area contributed by atoms with Gasteiger partial charge in [-0.3, -0.25) is 0 Å². The second-order valence-electron chi connectivity index (χ2n) is 8.16. The van der Waals surface area contributed by atoms with Crippen LogP contribution in [0.2, 0.25) is 0 Å². The first kappa shape index (κ1) is 26.7. The molecule has 1 aromatic heterocycles. The molecule has 1 heterocycles. The standard InChI is InChI=1S/C28H20F6N2O2/c29-27(30,31)22-13-21(14-23(15-22)28(32,33)34)11-12-24-16-25(37-17-19-7-3-1-4-8-19)26(36-35-24)38-18-20-9-5-2-6-10-20/h1-16H,17-18H2/b12-11+. The Bertz CT molecular complexity index is 1360. The molecule has 0 radical (unpaired) electrons. The lowest BCUT2D eigenvalue weighted by molar-refractivity contribution is -0.143. The molecule has 0 fully saturated rings. The molecule has 0 amide bonds. The van der Waals surface area contributed by atoms with Gasteiger partial charge < -0.3 is 9.47 Å². The van der Waals surface area contributed by atoms with Crippen molar-refractivity contribution in [3.05, 3.63) is 118 Å². The Balaban J connectivity index is 1.61. The molecule has 4 nitrogen and oxygen atoms in total. The predicted octanol–water partition coefficient (Wildman–Crippen LogP) is 7.84. The average molecular weight is 530 g/mol. The highest BCUT2D eigenvalue weighted by molar-refractivity contribution is 5.69. The van der Waals surface area contributed by atoms with Gasteiger partial charge in [-0.1, -0.05) is 66.7 Å². The number of hydrogen-bond donors (Lipinski definition) is 0. The number of halogens is 6. The fourth-order valence-electron chi connectivity index (χ4n) is 3.38. The fraction of sp³-hybridized carbons (Fsp3) is 0.143. The molecule has 0 N–H and O–H groups in total. The van der Waals surface area contributed by atoms with E-state index in [1.54, 1.807) is 0 Å². The van der Waals surface area contributed by atoms with Crippen LogP contribution in [-0.2, 0) is 25.6 Å². The Morgan fingerprint density at radius 2 is 1.13 bits per heavy atom. The van der Waals surface area contributed by atoms with Crippen LogP contribution in [-0.4, -0.2) is 10.2 Å². The highest BCUT2D eigenvalue weighted by atomic mass is 19.4. The normalized spacial score (nSPS) is 12.1. The monoisotopic (exact) mass is 530 g/mol. The van der Waals surface area contributed by atoms with Crippen LogP contribution in [0.4, 0.5) is 26.3 Å². The lowest BCUT2D eigenvalue weighted by Gasteiger charge is -2.13. The molecule has 0 aliphatic rings. The number of benzene rings is 3. The van der Waals surface area contributed by atoms with E-state index in [0.29, 0.717) is 12.1 Å². The third kappa shape index (κ3) is 7.34. The summed E-state index contributed by atoms with van der Waals surface area (Å²) < 4.78 is 90.7. The van der Waals surface area contributed by atoms with Gasteiger partial charge in [-0.05, 0) is 41.0 Å². The topological polar surface area (TPSA) is 44.2 Å². The number of rotatable bonds is 8. The van der Waals surface area contributed by atoms with Gasteiger partial charge in [0.25, 0.3) is 5.88 Å². The molecule has 0 atom stereocenters. The average Bonchev–Trinajstić information content (AvgIpc) is 2.90. The Morgan fingerprint density at radius 1 is 0.605 bits per heavy atom. The smallest absolute Gasteiger partial charge is 0.416 e. The molecule has 4 rings (SSSR count). The number of aromatic nitrogens is 2. The lowest BCUT2D eigenvalue weighted by atomic mass is 10.0. The first-order valence-electron chi connectivity index (χ1n) is 11.3. The number of ether oxygens (including phenoxy) is 2. The third-order valence-corrected chi connectivity index (χ3v) is 5.26. The Kier molecular flexibility index (Phi) is 7.99. The molecular weight excluding hydrogens is 510 g/mol. The second-order valence-corrected chi connectivity index (χ2v) is 8.16. The molecule has 3 aromatic carbocycles. The van der Waals surface area contributed by atoms with Crippen LogP contribution in [0.15, 0.2) is 84.9 Å². The molecule has 0 spiro atoms. The zero-order valence-corrected chi connectivity index (χ0v) is 19.6. The van der Waals surface area contributed by atoms with E-state index in [1.165, 1.54) is 12.1 Å². The van der Waals surface area contributed by atoms with Crippen molar-refractivity contribution in [2.24, 2.45) is 0 Å². The summed E-state index contributed by atoms with van der Waals surface area (Å²) in [6, 6.07) is 21.3. The predicted molar refractivity (Wildman–Crippen MR) is 129 cm³/mol. The van der Waals surface area contributed by atoms with Crippen LogP contribution in [0.25, 0.3) is 12.2 Å². The van der Waals surface area contributed by atoms with Gasteiger partial charge in [0, 0.05) is 6.07 Å². The molecule has 0 saturated heterocycles. The third-order valence-electron chi connectivity index (χ3n) is 5.26. The van der Waals surface area contributed by atoms with Crippen molar-refractivity contribution in [3.63, 3.8) is 0 Å². The minimum Gasteiger partial charge on any atom is -0.483 e. The summed E-state index contributed by atoms with van der Waals surface area (Å²) in [4.78, 5) is 0. The number of hydrogen-bond acceptors (Lipinski definition) is 4. The van der Waals surface area contributed by atoms with Crippen molar-refractivity contribution >= 4 is 12.2 Å². The van der Waals surface area contributed by atoms with Crippen LogP contribution in [0.3, 0.4) is 0 Å². The van der Waals surface area contributed by atoms with Gasteiger partial charge in [-0.25, -0.2) is 0 Å². The summed E-state index contributed by atoms with van der Waals surface area (Å²) in [7, 11) is 0. The SMILES string of the molecule is FC(F)(F)c1cc(/C=C/c2cc(OCc3ccccc3)c(OCc3ccccc3)nn2)cc(C(F)(F)F)c1. The van der Waals surface area contributed by atoms with E-state index in [4.69, 9.17) is 9.47 Å². The minimum absolute atomic E-state index is 0.0749. The van der Waals surface area contributed by atoms with Gasteiger partial charge in [0.05, 0.1) is 16.8 Å². The maximum absolute atomic E-state index is 13.2. The summed E-state index contributed by atoms with van der Waals surface area (Å²) in [6.07, 6.45) is -7.54. The van der Waals surface area contributed by atoms with Gasteiger partial charge in [-0.15, -0.1) is 10.2 Å². The maximum Gasteiger partial charge on any atom is 0.416 e. The summed E-state index contributed by atoms with van der Waals surface area (Å²) in [6.45, 7) is 0.344. The first-order chi connectivity index (χ1) is 18.1. The van der Waals surface area contributed by atoms with Crippen molar-refractivity contribution < 1.29 is 35.8 Å². The molecule has 0 aliphatic heterocycles. The molecule has 10 heteroatoms. The van der Waals surface area contributed by atoms with Crippen molar-refractivity contribution in [3.8, 4) is 11.6 Å². The fourth-order valence-corrected chi connectivity index (χ4v) is 3.38.